The number of hydrogen-bond donors (Lipinski definition) is 2. The van der Waals surface area contributed by atoms with E-state index in [9.17, 15) is 18.3 Å². The summed E-state index contributed by atoms with van der Waals surface area (Å²) in [5, 5.41) is 11.8. The molecule has 20 heavy (non-hydrogen) atoms. The van der Waals surface area contributed by atoms with Crippen LogP contribution in [0.3, 0.4) is 0 Å². The van der Waals surface area contributed by atoms with Gasteiger partial charge in [-0.25, -0.2) is 4.98 Å². The van der Waals surface area contributed by atoms with Crippen LogP contribution in [-0.2, 0) is 0 Å². The Hall–Kier alpha value is -2.22. The molecule has 106 valence electrons. The molecule has 1 heterocycles. The first-order valence-electron chi connectivity index (χ1n) is 5.18. The zero-order valence-electron chi connectivity index (χ0n) is 9.65. The zero-order valence-corrected chi connectivity index (χ0v) is 10.4. The first-order valence-corrected chi connectivity index (χ1v) is 5.56. The molecule has 2 rings (SSSR count). The minimum absolute atomic E-state index is 0.0325. The molecule has 9 heteroatoms. The van der Waals surface area contributed by atoms with Crippen molar-refractivity contribution in [3.8, 4) is 11.5 Å². The van der Waals surface area contributed by atoms with Gasteiger partial charge >= 0.3 is 6.36 Å². The zero-order chi connectivity index (χ0) is 14.8. The summed E-state index contributed by atoms with van der Waals surface area (Å²) in [7, 11) is 0. The summed E-state index contributed by atoms with van der Waals surface area (Å²) < 4.78 is 40.6. The molecule has 0 radical (unpaired) electrons. The molecule has 2 aromatic rings. The lowest BCUT2D eigenvalue weighted by atomic mass is 10.3. The van der Waals surface area contributed by atoms with Gasteiger partial charge in [-0.15, -0.1) is 13.2 Å². The maximum atomic E-state index is 12.3. The van der Waals surface area contributed by atoms with Gasteiger partial charge in [-0.2, -0.15) is 4.98 Å². The van der Waals surface area contributed by atoms with Crippen LogP contribution in [0.5, 0.6) is 11.5 Å². The van der Waals surface area contributed by atoms with Crippen LogP contribution in [0.1, 0.15) is 0 Å². The van der Waals surface area contributed by atoms with Crippen LogP contribution in [-0.4, -0.2) is 21.4 Å². The minimum atomic E-state index is -4.83. The van der Waals surface area contributed by atoms with Crippen LogP contribution in [0.2, 0.25) is 5.28 Å². The lowest BCUT2D eigenvalue weighted by molar-refractivity contribution is -0.274. The fourth-order valence-corrected chi connectivity index (χ4v) is 1.49. The van der Waals surface area contributed by atoms with E-state index < -0.39 is 12.1 Å². The molecule has 1 aromatic heterocycles. The Morgan fingerprint density at radius 1 is 1.25 bits per heavy atom. The van der Waals surface area contributed by atoms with Crippen molar-refractivity contribution in [2.75, 3.05) is 5.32 Å². The van der Waals surface area contributed by atoms with Crippen molar-refractivity contribution in [2.24, 2.45) is 0 Å². The van der Waals surface area contributed by atoms with Crippen molar-refractivity contribution < 1.29 is 23.0 Å². The van der Waals surface area contributed by atoms with Gasteiger partial charge in [0.05, 0.1) is 11.9 Å². The normalized spacial score (nSPS) is 11.2. The third kappa shape index (κ3) is 3.64. The number of ether oxygens (including phenoxy) is 1. The predicted octanol–water partition coefficient (Wildman–Crippen LogP) is 3.48. The highest BCUT2D eigenvalue weighted by Gasteiger charge is 2.32. The van der Waals surface area contributed by atoms with Crippen LogP contribution in [0, 0.1) is 0 Å². The molecule has 0 bridgehead atoms. The van der Waals surface area contributed by atoms with Crippen LogP contribution in [0.25, 0.3) is 0 Å². The lowest BCUT2D eigenvalue weighted by Crippen LogP contribution is -2.17. The quantitative estimate of drug-likeness (QED) is 0.850. The lowest BCUT2D eigenvalue weighted by Gasteiger charge is -2.14. The molecule has 0 atom stereocenters. The van der Waals surface area contributed by atoms with Crippen LogP contribution >= 0.6 is 11.6 Å². The van der Waals surface area contributed by atoms with E-state index in [1.807, 2.05) is 0 Å². The van der Waals surface area contributed by atoms with Crippen LogP contribution in [0.4, 0.5) is 24.7 Å². The van der Waals surface area contributed by atoms with E-state index >= 15 is 0 Å². The number of anilines is 2. The number of hydrogen-bond acceptors (Lipinski definition) is 5. The second kappa shape index (κ2) is 5.41. The standard InChI is InChI=1S/C11H7ClF3N3O2/c12-10-16-5-7(19)9(18-10)17-6-3-1-2-4-8(6)20-11(13,14)15/h1-5,19H,(H,16,17,18). The number of aromatic hydroxyl groups is 1. The molecule has 0 fully saturated rings. The highest BCUT2D eigenvalue weighted by Crippen LogP contribution is 2.33. The molecular weight excluding hydrogens is 299 g/mol. The number of halogens is 4. The van der Waals surface area contributed by atoms with E-state index in [1.54, 1.807) is 0 Å². The molecular formula is C11H7ClF3N3O2. The Morgan fingerprint density at radius 3 is 2.65 bits per heavy atom. The number of nitrogens with zero attached hydrogens (tertiary/aromatic N) is 2. The molecule has 0 amide bonds. The summed E-state index contributed by atoms with van der Waals surface area (Å²) in [6.45, 7) is 0. The first-order chi connectivity index (χ1) is 9.35. The van der Waals surface area contributed by atoms with Gasteiger partial charge in [-0.1, -0.05) is 12.1 Å². The van der Waals surface area contributed by atoms with Gasteiger partial charge in [-0.3, -0.25) is 0 Å². The van der Waals surface area contributed by atoms with Crippen molar-refractivity contribution >= 4 is 23.1 Å². The SMILES string of the molecule is Oc1cnc(Cl)nc1Nc1ccccc1OC(F)(F)F. The number of aromatic nitrogens is 2. The van der Waals surface area contributed by atoms with Crippen molar-refractivity contribution in [1.29, 1.82) is 0 Å². The Kier molecular flexibility index (Phi) is 3.84. The molecule has 0 aliphatic rings. The Labute approximate surface area is 116 Å². The molecule has 2 N–H and O–H groups in total. The van der Waals surface area contributed by atoms with Crippen LogP contribution in [0.15, 0.2) is 30.5 Å². The van der Waals surface area contributed by atoms with Gasteiger partial charge in [-0.05, 0) is 23.7 Å². The van der Waals surface area contributed by atoms with Gasteiger partial charge in [0, 0.05) is 0 Å². The Morgan fingerprint density at radius 2 is 1.95 bits per heavy atom. The average Bonchev–Trinajstić information content (AvgIpc) is 2.34. The van der Waals surface area contributed by atoms with E-state index in [-0.39, 0.29) is 22.5 Å². The highest BCUT2D eigenvalue weighted by molar-refractivity contribution is 6.28. The maximum absolute atomic E-state index is 12.3. The van der Waals surface area contributed by atoms with E-state index in [2.05, 4.69) is 20.0 Å². The number of rotatable bonds is 3. The van der Waals surface area contributed by atoms with Crippen LogP contribution < -0.4 is 10.1 Å². The maximum Gasteiger partial charge on any atom is 0.573 e. The van der Waals surface area contributed by atoms with E-state index in [4.69, 9.17) is 11.6 Å². The molecule has 0 aliphatic heterocycles. The first kappa shape index (κ1) is 14.2. The summed E-state index contributed by atoms with van der Waals surface area (Å²) in [5.74, 6) is -0.964. The van der Waals surface area contributed by atoms with Crippen molar-refractivity contribution in [1.82, 2.24) is 9.97 Å². The second-order valence-corrected chi connectivity index (χ2v) is 3.88. The predicted molar refractivity (Wildman–Crippen MR) is 65.1 cm³/mol. The molecule has 5 nitrogen and oxygen atoms in total. The average molecular weight is 306 g/mol. The second-order valence-electron chi connectivity index (χ2n) is 3.54. The van der Waals surface area contributed by atoms with Gasteiger partial charge in [0.1, 0.15) is 0 Å². The molecule has 0 saturated carbocycles. The molecule has 0 aliphatic carbocycles. The van der Waals surface area contributed by atoms with Gasteiger partial charge in [0.2, 0.25) is 5.28 Å². The molecule has 0 unspecified atom stereocenters. The van der Waals surface area contributed by atoms with Gasteiger partial charge in [0.25, 0.3) is 0 Å². The summed E-state index contributed by atoms with van der Waals surface area (Å²) >= 11 is 5.54. The molecule has 0 saturated heterocycles. The topological polar surface area (TPSA) is 67.3 Å². The van der Waals surface area contributed by atoms with Gasteiger partial charge in [0.15, 0.2) is 17.3 Å². The monoisotopic (exact) mass is 305 g/mol. The smallest absolute Gasteiger partial charge is 0.503 e. The number of para-hydroxylation sites is 2. The van der Waals surface area contributed by atoms with Crippen molar-refractivity contribution in [3.05, 3.63) is 35.7 Å². The van der Waals surface area contributed by atoms with Gasteiger partial charge < -0.3 is 15.2 Å². The number of nitrogens with one attached hydrogen (secondary N) is 1. The third-order valence-corrected chi connectivity index (χ3v) is 2.29. The fourth-order valence-electron chi connectivity index (χ4n) is 1.36. The van der Waals surface area contributed by atoms with E-state index in [0.29, 0.717) is 0 Å². The minimum Gasteiger partial charge on any atom is -0.503 e. The molecule has 1 aromatic carbocycles. The number of benzene rings is 1. The Balaban J connectivity index is 2.32. The summed E-state index contributed by atoms with van der Waals surface area (Å²) in [6, 6.07) is 5.32. The number of alkyl halides is 3. The highest BCUT2D eigenvalue weighted by atomic mass is 35.5. The molecule has 0 spiro atoms. The summed E-state index contributed by atoms with van der Waals surface area (Å²) in [6.07, 6.45) is -3.81. The fraction of sp³-hybridized carbons (Fsp3) is 0.0909. The van der Waals surface area contributed by atoms with E-state index in [1.165, 1.54) is 18.2 Å². The van der Waals surface area contributed by atoms with Crippen molar-refractivity contribution in [2.45, 2.75) is 6.36 Å². The van der Waals surface area contributed by atoms with E-state index in [0.717, 1.165) is 12.3 Å². The third-order valence-electron chi connectivity index (χ3n) is 2.11. The summed E-state index contributed by atoms with van der Waals surface area (Å²) in [4.78, 5) is 7.18. The largest absolute Gasteiger partial charge is 0.573 e. The Bertz CT molecular complexity index is 622. The van der Waals surface area contributed by atoms with Crippen molar-refractivity contribution in [3.63, 3.8) is 0 Å². The summed E-state index contributed by atoms with van der Waals surface area (Å²) in [5.41, 5.74) is -0.0325.